The molecule has 0 saturated carbocycles. The van der Waals surface area contributed by atoms with Crippen LogP contribution in [0.1, 0.15) is 23.6 Å². The number of allylic oxidation sites excluding steroid dienone is 5. The Bertz CT molecular complexity index is 1490. The van der Waals surface area contributed by atoms with Gasteiger partial charge in [0.25, 0.3) is 0 Å². The Balaban J connectivity index is 1.63. The fraction of sp³-hybridized carbons (Fsp3) is 0.0625. The molecule has 0 aliphatic heterocycles. The van der Waals surface area contributed by atoms with E-state index in [1.165, 1.54) is 49.8 Å². The Hall–Kier alpha value is -4.10. The summed E-state index contributed by atoms with van der Waals surface area (Å²) >= 11 is 0. The summed E-state index contributed by atoms with van der Waals surface area (Å²) < 4.78 is 2.36. The van der Waals surface area contributed by atoms with Crippen LogP contribution >= 0.6 is 0 Å². The maximum Gasteiger partial charge on any atom is 0.0541 e. The predicted octanol–water partition coefficient (Wildman–Crippen LogP) is 8.77. The molecule has 0 N–H and O–H groups in total. The molecule has 0 unspecified atom stereocenters. The molecule has 0 amide bonds. The number of para-hydroxylation sites is 2. The van der Waals surface area contributed by atoms with Crippen molar-refractivity contribution in [2.24, 2.45) is 0 Å². The number of hydrogen-bond acceptors (Lipinski definition) is 0. The first-order chi connectivity index (χ1) is 16.2. The quantitative estimate of drug-likeness (QED) is 0.248. The maximum absolute atomic E-state index is 3.93. The molecule has 4 aromatic carbocycles. The molecule has 0 aliphatic rings. The number of aryl methyl sites for hydroxylation is 1. The Kier molecular flexibility index (Phi) is 5.54. The molecule has 5 rings (SSSR count). The molecule has 1 aromatic heterocycles. The summed E-state index contributed by atoms with van der Waals surface area (Å²) in [6.45, 7) is 8.23. The lowest BCUT2D eigenvalue weighted by Gasteiger charge is -2.11. The van der Waals surface area contributed by atoms with E-state index in [4.69, 9.17) is 0 Å². The van der Waals surface area contributed by atoms with Gasteiger partial charge in [-0.25, -0.2) is 0 Å². The lowest BCUT2D eigenvalue weighted by atomic mass is 9.98. The average Bonchev–Trinajstić information content (AvgIpc) is 3.18. The van der Waals surface area contributed by atoms with Crippen LogP contribution in [-0.4, -0.2) is 4.57 Å². The lowest BCUT2D eigenvalue weighted by molar-refractivity contribution is 1.18. The first-order valence-corrected chi connectivity index (χ1v) is 11.3. The summed E-state index contributed by atoms with van der Waals surface area (Å²) in [6, 6.07) is 34.7. The third-order valence-corrected chi connectivity index (χ3v) is 6.16. The smallest absolute Gasteiger partial charge is 0.0541 e. The molecule has 0 saturated heterocycles. The zero-order chi connectivity index (χ0) is 22.8. The topological polar surface area (TPSA) is 4.93 Å². The molecule has 0 aliphatic carbocycles. The van der Waals surface area contributed by atoms with Crippen LogP contribution in [0, 0.1) is 6.92 Å². The highest BCUT2D eigenvalue weighted by atomic mass is 15.0. The van der Waals surface area contributed by atoms with Gasteiger partial charge in [-0.05, 0) is 60.4 Å². The second-order valence-electron chi connectivity index (χ2n) is 8.47. The second kappa shape index (κ2) is 8.80. The molecule has 5 aromatic rings. The van der Waals surface area contributed by atoms with Crippen molar-refractivity contribution in [2.75, 3.05) is 0 Å². The Morgan fingerprint density at radius 2 is 1.36 bits per heavy atom. The van der Waals surface area contributed by atoms with Gasteiger partial charge in [-0.3, -0.25) is 0 Å². The van der Waals surface area contributed by atoms with E-state index in [0.29, 0.717) is 0 Å². The van der Waals surface area contributed by atoms with Gasteiger partial charge in [0.2, 0.25) is 0 Å². The van der Waals surface area contributed by atoms with Gasteiger partial charge in [-0.1, -0.05) is 103 Å². The molecule has 0 radical (unpaired) electrons. The lowest BCUT2D eigenvalue weighted by Crippen LogP contribution is -1.95. The van der Waals surface area contributed by atoms with Crippen LogP contribution in [0.5, 0.6) is 0 Å². The van der Waals surface area contributed by atoms with Crippen molar-refractivity contribution in [3.05, 3.63) is 139 Å². The highest BCUT2D eigenvalue weighted by molar-refractivity contribution is 6.09. The summed E-state index contributed by atoms with van der Waals surface area (Å²) in [4.78, 5) is 0. The van der Waals surface area contributed by atoms with E-state index in [9.17, 15) is 0 Å². The number of nitrogens with zero attached hydrogens (tertiary/aromatic N) is 1. The van der Waals surface area contributed by atoms with Gasteiger partial charge in [-0.2, -0.15) is 0 Å². The minimum atomic E-state index is 1.16. The highest BCUT2D eigenvalue weighted by Gasteiger charge is 2.12. The zero-order valence-electron chi connectivity index (χ0n) is 19.1. The van der Waals surface area contributed by atoms with Crippen molar-refractivity contribution in [1.82, 2.24) is 4.57 Å². The molecule has 0 fully saturated rings. The summed E-state index contributed by atoms with van der Waals surface area (Å²) in [5.41, 5.74) is 9.66. The molecule has 1 nitrogen and oxygen atoms in total. The van der Waals surface area contributed by atoms with Crippen molar-refractivity contribution in [3.8, 4) is 5.69 Å². The predicted molar refractivity (Wildman–Crippen MR) is 144 cm³/mol. The summed E-state index contributed by atoms with van der Waals surface area (Å²) in [5, 5.41) is 2.56. The van der Waals surface area contributed by atoms with Gasteiger partial charge < -0.3 is 4.57 Å². The molecular weight excluding hydrogens is 398 g/mol. The minimum Gasteiger partial charge on any atom is -0.309 e. The van der Waals surface area contributed by atoms with Gasteiger partial charge >= 0.3 is 0 Å². The molecule has 0 spiro atoms. The van der Waals surface area contributed by atoms with Crippen LogP contribution in [0.15, 0.2) is 122 Å². The maximum atomic E-state index is 3.93. The SMILES string of the molecule is C=C/C=C(\C=C(/C)c1cccc(-n2c3ccccc3c3ccccc32)c1)c1cccc(C)c1. The van der Waals surface area contributed by atoms with E-state index >= 15 is 0 Å². The van der Waals surface area contributed by atoms with E-state index in [0.717, 1.165) is 5.57 Å². The van der Waals surface area contributed by atoms with Crippen molar-refractivity contribution in [1.29, 1.82) is 0 Å². The number of benzene rings is 4. The fourth-order valence-electron chi connectivity index (χ4n) is 4.59. The Morgan fingerprint density at radius 3 is 2.03 bits per heavy atom. The minimum absolute atomic E-state index is 1.16. The molecule has 0 bridgehead atoms. The van der Waals surface area contributed by atoms with E-state index in [2.05, 4.69) is 134 Å². The van der Waals surface area contributed by atoms with Crippen LogP contribution in [0.3, 0.4) is 0 Å². The molecule has 33 heavy (non-hydrogen) atoms. The third-order valence-electron chi connectivity index (χ3n) is 6.16. The van der Waals surface area contributed by atoms with Crippen molar-refractivity contribution in [2.45, 2.75) is 13.8 Å². The van der Waals surface area contributed by atoms with E-state index in [1.54, 1.807) is 0 Å². The summed E-state index contributed by atoms with van der Waals surface area (Å²) in [5.74, 6) is 0. The molecule has 160 valence electrons. The Labute approximate surface area is 195 Å². The second-order valence-corrected chi connectivity index (χ2v) is 8.47. The van der Waals surface area contributed by atoms with Crippen molar-refractivity contribution >= 4 is 33.0 Å². The molecular formula is C32H27N. The number of hydrogen-bond donors (Lipinski definition) is 0. The highest BCUT2D eigenvalue weighted by Crippen LogP contribution is 2.33. The molecule has 0 atom stereocenters. The third kappa shape index (κ3) is 3.94. The fourth-order valence-corrected chi connectivity index (χ4v) is 4.59. The largest absolute Gasteiger partial charge is 0.309 e. The van der Waals surface area contributed by atoms with Crippen LogP contribution in [0.4, 0.5) is 0 Å². The van der Waals surface area contributed by atoms with Crippen LogP contribution in [0.2, 0.25) is 0 Å². The van der Waals surface area contributed by atoms with E-state index < -0.39 is 0 Å². The number of rotatable bonds is 5. The van der Waals surface area contributed by atoms with Gasteiger partial charge in [0, 0.05) is 16.5 Å². The van der Waals surface area contributed by atoms with E-state index in [1.807, 2.05) is 6.08 Å². The van der Waals surface area contributed by atoms with Gasteiger partial charge in [-0.15, -0.1) is 0 Å². The van der Waals surface area contributed by atoms with Crippen LogP contribution in [-0.2, 0) is 0 Å². The monoisotopic (exact) mass is 425 g/mol. The normalized spacial score (nSPS) is 12.4. The molecule has 1 heteroatoms. The average molecular weight is 426 g/mol. The number of aromatic nitrogens is 1. The van der Waals surface area contributed by atoms with Gasteiger partial charge in [0.1, 0.15) is 0 Å². The van der Waals surface area contributed by atoms with Crippen molar-refractivity contribution < 1.29 is 0 Å². The summed E-state index contributed by atoms with van der Waals surface area (Å²) in [6.07, 6.45) is 6.19. The number of fused-ring (bicyclic) bond motifs is 3. The Morgan fingerprint density at radius 1 is 0.727 bits per heavy atom. The first kappa shape index (κ1) is 20.8. The van der Waals surface area contributed by atoms with Crippen molar-refractivity contribution in [3.63, 3.8) is 0 Å². The standard InChI is InChI=1S/C32H27N/c1-4-11-26(27-14-9-12-23(2)20-27)21-24(3)25-13-10-15-28(22-25)33-31-18-7-5-16-29(31)30-17-6-8-19-32(30)33/h4-22H,1H2,2-3H3/b24-21+,26-11+. The van der Waals surface area contributed by atoms with Crippen LogP contribution in [0.25, 0.3) is 38.6 Å². The summed E-state index contributed by atoms with van der Waals surface area (Å²) in [7, 11) is 0. The first-order valence-electron chi connectivity index (χ1n) is 11.3. The van der Waals surface area contributed by atoms with Gasteiger partial charge in [0.15, 0.2) is 0 Å². The van der Waals surface area contributed by atoms with Crippen LogP contribution < -0.4 is 0 Å². The zero-order valence-corrected chi connectivity index (χ0v) is 19.1. The molecule has 1 heterocycles. The van der Waals surface area contributed by atoms with Gasteiger partial charge in [0.05, 0.1) is 11.0 Å². The van der Waals surface area contributed by atoms with E-state index in [-0.39, 0.29) is 0 Å².